The summed E-state index contributed by atoms with van der Waals surface area (Å²) in [5, 5.41) is 38.3. The van der Waals surface area contributed by atoms with Crippen LogP contribution in [0.2, 0.25) is 0 Å². The summed E-state index contributed by atoms with van der Waals surface area (Å²) < 4.78 is 0. The molecule has 1 unspecified atom stereocenters. The van der Waals surface area contributed by atoms with Crippen LogP contribution in [0, 0.1) is 5.92 Å². The van der Waals surface area contributed by atoms with E-state index in [9.17, 15) is 5.11 Å². The van der Waals surface area contributed by atoms with Crippen molar-refractivity contribution < 1.29 is 20.4 Å². The van der Waals surface area contributed by atoms with E-state index in [-0.39, 0.29) is 23.2 Å². The maximum absolute atomic E-state index is 9.62. The maximum atomic E-state index is 9.62. The van der Waals surface area contributed by atoms with Crippen molar-refractivity contribution in [2.24, 2.45) is 5.92 Å². The van der Waals surface area contributed by atoms with Crippen LogP contribution in [0.5, 0.6) is 0 Å². The average Bonchev–Trinajstić information content (AvgIpc) is 3.74. The third kappa shape index (κ3) is 11.3. The number of hydrogen-bond acceptors (Lipinski definition) is 4. The second kappa shape index (κ2) is 20.0. The first-order chi connectivity index (χ1) is 24.6. The summed E-state index contributed by atoms with van der Waals surface area (Å²) >= 11 is 0. The molecule has 0 fully saturated rings. The first-order valence-corrected chi connectivity index (χ1v) is 18.4. The van der Waals surface area contributed by atoms with Gasteiger partial charge in [-0.05, 0) is 107 Å². The van der Waals surface area contributed by atoms with Crippen molar-refractivity contribution in [3.05, 3.63) is 171 Å². The average molecular weight is 687 g/mol. The van der Waals surface area contributed by atoms with Crippen molar-refractivity contribution in [2.45, 2.75) is 92.4 Å². The Kier molecular flexibility index (Phi) is 15.9. The van der Waals surface area contributed by atoms with E-state index >= 15 is 0 Å². The molecule has 0 heterocycles. The quantitative estimate of drug-likeness (QED) is 0.173. The number of rotatable bonds is 7. The molecule has 270 valence electrons. The minimum atomic E-state index is -0.0273. The topological polar surface area (TPSA) is 80.9 Å². The molecule has 0 radical (unpaired) electrons. The van der Waals surface area contributed by atoms with Crippen LogP contribution in [-0.2, 0) is 6.42 Å². The summed E-state index contributed by atoms with van der Waals surface area (Å²) in [4.78, 5) is 0. The molecule has 6 rings (SSSR count). The summed E-state index contributed by atoms with van der Waals surface area (Å²) in [6.07, 6.45) is 25.1. The highest BCUT2D eigenvalue weighted by molar-refractivity contribution is 5.80. The van der Waals surface area contributed by atoms with Gasteiger partial charge in [0.05, 0.1) is 5.92 Å². The number of fused-ring (bicyclic) bond motifs is 1. The zero-order chi connectivity index (χ0) is 37.5. The zero-order valence-corrected chi connectivity index (χ0v) is 31.5. The lowest BCUT2D eigenvalue weighted by atomic mass is 9.84. The molecule has 4 aliphatic carbocycles. The fraction of sp³-hybridized carbons (Fsp3) is 0.319. The van der Waals surface area contributed by atoms with Gasteiger partial charge in [-0.3, -0.25) is 0 Å². The van der Waals surface area contributed by atoms with Gasteiger partial charge >= 0.3 is 0 Å². The summed E-state index contributed by atoms with van der Waals surface area (Å²) in [5.74, 6) is 0.733. The molecule has 4 nitrogen and oxygen atoms in total. The molecular weight excluding hydrogens is 629 g/mol. The van der Waals surface area contributed by atoms with Crippen molar-refractivity contribution >= 4 is 17.7 Å². The van der Waals surface area contributed by atoms with Crippen LogP contribution < -0.4 is 10.4 Å². The number of benzene rings is 2. The van der Waals surface area contributed by atoms with E-state index in [0.717, 1.165) is 55.9 Å². The zero-order valence-electron chi connectivity index (χ0n) is 31.5. The number of allylic oxidation sites excluding steroid dienone is 15. The molecule has 0 saturated carbocycles. The summed E-state index contributed by atoms with van der Waals surface area (Å²) in [6.45, 7) is 20.3. The first-order valence-electron chi connectivity index (χ1n) is 18.4. The van der Waals surface area contributed by atoms with E-state index in [2.05, 4.69) is 112 Å². The Morgan fingerprint density at radius 1 is 0.961 bits per heavy atom. The molecule has 4 aliphatic rings. The third-order valence-electron chi connectivity index (χ3n) is 9.30. The predicted molar refractivity (Wildman–Crippen MR) is 218 cm³/mol. The molecule has 2 aromatic carbocycles. The van der Waals surface area contributed by atoms with E-state index in [1.165, 1.54) is 49.4 Å². The van der Waals surface area contributed by atoms with Crippen molar-refractivity contribution in [3.63, 3.8) is 0 Å². The van der Waals surface area contributed by atoms with Crippen LogP contribution in [-0.4, -0.2) is 20.4 Å². The normalized spacial score (nSPS) is 20.2. The summed E-state index contributed by atoms with van der Waals surface area (Å²) in [5.41, 5.74) is 11.0. The first kappa shape index (κ1) is 40.5. The van der Waals surface area contributed by atoms with Crippen LogP contribution in [0.1, 0.15) is 103 Å². The summed E-state index contributed by atoms with van der Waals surface area (Å²) in [7, 11) is 0. The molecule has 0 bridgehead atoms. The van der Waals surface area contributed by atoms with Gasteiger partial charge in [-0.15, -0.1) is 6.58 Å². The SMILES string of the molecule is C=C(C)CC.C=C1\C=C/C(c2ccc(C3C=c4ccc(C/C(O)=C/O)cc4=CC3)cc2)=C\C(=C/C)C2=C1C=CCC2.CC.CCCC1C(O)=C1O. The van der Waals surface area contributed by atoms with Crippen LogP contribution in [0.25, 0.3) is 17.7 Å². The molecule has 0 aliphatic heterocycles. The Balaban J connectivity index is 0.000000392. The van der Waals surface area contributed by atoms with E-state index in [0.29, 0.717) is 12.3 Å². The van der Waals surface area contributed by atoms with Gasteiger partial charge in [-0.2, -0.15) is 0 Å². The molecule has 0 saturated heterocycles. The van der Waals surface area contributed by atoms with Crippen molar-refractivity contribution in [3.8, 4) is 0 Å². The molecule has 2 aromatic rings. The van der Waals surface area contributed by atoms with Crippen molar-refractivity contribution in [2.75, 3.05) is 0 Å². The van der Waals surface area contributed by atoms with Gasteiger partial charge in [-0.25, -0.2) is 0 Å². The van der Waals surface area contributed by atoms with E-state index < -0.39 is 0 Å². The highest BCUT2D eigenvalue weighted by atomic mass is 16.3. The minimum absolute atomic E-state index is 0.0273. The molecule has 0 spiro atoms. The Morgan fingerprint density at radius 3 is 2.22 bits per heavy atom. The molecule has 0 amide bonds. The monoisotopic (exact) mass is 686 g/mol. The van der Waals surface area contributed by atoms with Crippen LogP contribution in [0.4, 0.5) is 0 Å². The van der Waals surface area contributed by atoms with Gasteiger partial charge in [0.15, 0.2) is 0 Å². The van der Waals surface area contributed by atoms with Gasteiger partial charge < -0.3 is 20.4 Å². The highest BCUT2D eigenvalue weighted by Gasteiger charge is 2.35. The molecular formula is C47H58O4. The molecule has 4 N–H and O–H groups in total. The lowest BCUT2D eigenvalue weighted by Gasteiger charge is -2.21. The van der Waals surface area contributed by atoms with Gasteiger partial charge in [-0.1, -0.05) is 131 Å². The Bertz CT molecular complexity index is 1880. The van der Waals surface area contributed by atoms with Crippen molar-refractivity contribution in [1.82, 2.24) is 0 Å². The molecule has 4 heteroatoms. The molecule has 51 heavy (non-hydrogen) atoms. The third-order valence-corrected chi connectivity index (χ3v) is 9.30. The second-order valence-electron chi connectivity index (χ2n) is 13.1. The number of hydrogen-bond donors (Lipinski definition) is 4. The van der Waals surface area contributed by atoms with Gasteiger partial charge in [0.2, 0.25) is 0 Å². The largest absolute Gasteiger partial charge is 0.512 e. The van der Waals surface area contributed by atoms with Gasteiger partial charge in [0.1, 0.15) is 23.5 Å². The Hall–Kier alpha value is -4.96. The van der Waals surface area contributed by atoms with E-state index in [4.69, 9.17) is 15.3 Å². The standard InChI is InChI=1S/C34H32O2.C6H10O2.C5H10.C2H6/c1-3-25-20-29(10-8-23(2)33-6-4-5-7-34(25)33)26-12-14-27(15-13-26)30-17-16-28-18-24(19-32(36)22-35)9-11-31(28)21-30;1-2-3-4-5(7)6(4)8;1-4-5(2)3;1-2/h3-4,6,8-16,18,20-22,30,35-36H,2,5,7,17,19H2,1H3;4,7-8H,2-3H2,1H3;2,4H2,1,3H3;1-2H3/b10-8-,25-3+,29-20+,32-22-;;;. The number of aliphatic hydroxyl groups is 4. The van der Waals surface area contributed by atoms with Crippen LogP contribution in [0.3, 0.4) is 0 Å². The van der Waals surface area contributed by atoms with E-state index in [1.54, 1.807) is 0 Å². The number of aliphatic hydroxyl groups excluding tert-OH is 4. The van der Waals surface area contributed by atoms with Crippen LogP contribution in [0.15, 0.2) is 143 Å². The predicted octanol–water partition coefficient (Wildman–Crippen LogP) is 11.8. The lowest BCUT2D eigenvalue weighted by Crippen LogP contribution is -2.28. The second-order valence-corrected chi connectivity index (χ2v) is 13.1. The molecule has 0 aromatic heterocycles. The van der Waals surface area contributed by atoms with Gasteiger partial charge in [0.25, 0.3) is 0 Å². The highest BCUT2D eigenvalue weighted by Crippen LogP contribution is 2.38. The maximum Gasteiger partial charge on any atom is 0.141 e. The minimum Gasteiger partial charge on any atom is -0.512 e. The van der Waals surface area contributed by atoms with E-state index in [1.807, 2.05) is 33.8 Å². The Morgan fingerprint density at radius 2 is 1.65 bits per heavy atom. The van der Waals surface area contributed by atoms with Crippen molar-refractivity contribution in [1.29, 1.82) is 0 Å². The molecule has 1 atom stereocenters. The lowest BCUT2D eigenvalue weighted by molar-refractivity contribution is 0.351. The summed E-state index contributed by atoms with van der Waals surface area (Å²) in [6, 6.07) is 15.2. The fourth-order valence-electron chi connectivity index (χ4n) is 6.10. The smallest absolute Gasteiger partial charge is 0.141 e. The van der Waals surface area contributed by atoms with Gasteiger partial charge in [0, 0.05) is 12.3 Å². The Labute approximate surface area is 306 Å². The van der Waals surface area contributed by atoms with Crippen LogP contribution >= 0.6 is 0 Å². The fourth-order valence-corrected chi connectivity index (χ4v) is 6.10.